The summed E-state index contributed by atoms with van der Waals surface area (Å²) in [6.07, 6.45) is 1.09. The molecule has 0 aromatic carbocycles. The molecule has 1 unspecified atom stereocenters. The molecule has 2 aliphatic rings. The van der Waals surface area contributed by atoms with Crippen LogP contribution in [0.5, 0.6) is 5.88 Å². The van der Waals surface area contributed by atoms with Gasteiger partial charge < -0.3 is 15.2 Å². The van der Waals surface area contributed by atoms with Gasteiger partial charge in [-0.3, -0.25) is 4.57 Å². The maximum Gasteiger partial charge on any atom is 0.522 e. The van der Waals surface area contributed by atoms with Crippen LogP contribution in [-0.2, 0) is 25.6 Å². The number of aromatic nitrogens is 4. The van der Waals surface area contributed by atoms with Gasteiger partial charge in [-0.05, 0) is 0 Å². The van der Waals surface area contributed by atoms with E-state index in [2.05, 4.69) is 15.0 Å². The lowest BCUT2D eigenvalue weighted by atomic mass is 10.0. The second-order valence-corrected chi connectivity index (χ2v) is 7.24. The number of nitrogens with zero attached hydrogens (tertiary/aromatic N) is 4. The first-order valence-electron chi connectivity index (χ1n) is 7.05. The highest BCUT2D eigenvalue weighted by atomic mass is 32.4. The molecule has 0 bridgehead atoms. The molecule has 0 amide bonds. The van der Waals surface area contributed by atoms with E-state index in [9.17, 15) is 0 Å². The van der Waals surface area contributed by atoms with Crippen molar-refractivity contribution in [1.29, 1.82) is 0 Å². The molecule has 0 radical (unpaired) electrons. The summed E-state index contributed by atoms with van der Waals surface area (Å²) >= 11 is 5.12. The van der Waals surface area contributed by atoms with Gasteiger partial charge in [0.1, 0.15) is 25.0 Å². The van der Waals surface area contributed by atoms with Crippen molar-refractivity contribution < 1.29 is 18.5 Å². The molecule has 5 atom stereocenters. The molecular formula is C12H15N5O4PS+. The van der Waals surface area contributed by atoms with Crippen LogP contribution in [0.3, 0.4) is 0 Å². The molecule has 2 fully saturated rings. The lowest BCUT2D eigenvalue weighted by Crippen LogP contribution is -2.33. The van der Waals surface area contributed by atoms with Gasteiger partial charge in [-0.25, -0.2) is 4.98 Å². The normalized spacial score (nSPS) is 32.2. The molecule has 0 saturated carbocycles. The number of nitrogens with two attached hydrogens (primary N) is 1. The van der Waals surface area contributed by atoms with Crippen LogP contribution in [0.25, 0.3) is 11.2 Å². The number of methoxy groups -OCH3 is 1. The van der Waals surface area contributed by atoms with Crippen LogP contribution in [-0.4, -0.2) is 45.4 Å². The van der Waals surface area contributed by atoms with Crippen LogP contribution in [0.2, 0.25) is 0 Å². The van der Waals surface area contributed by atoms with E-state index in [-0.39, 0.29) is 30.3 Å². The van der Waals surface area contributed by atoms with Crippen molar-refractivity contribution in [2.75, 3.05) is 19.5 Å². The van der Waals surface area contributed by atoms with Gasteiger partial charge in [0.05, 0.1) is 13.4 Å². The minimum Gasteiger partial charge on any atom is -0.479 e. The highest BCUT2D eigenvalue weighted by Gasteiger charge is 2.51. The molecule has 9 nitrogen and oxygen atoms in total. The standard InChI is InChI=1S/C12H15N5O4PS/c1-5-8-6(3-19-22(23)21-8)20-11(5)17-4-14-7-9(17)15-12(13)16-10(7)18-2/h4-6,8,11H,3H2,1-2H3,(H2,13,15,16)/q+1/t5-,6+,8-,11+/m0/s1. The molecule has 11 heteroatoms. The van der Waals surface area contributed by atoms with Gasteiger partial charge in [0, 0.05) is 5.92 Å². The van der Waals surface area contributed by atoms with Crippen molar-refractivity contribution in [3.8, 4) is 5.88 Å². The predicted molar refractivity (Wildman–Crippen MR) is 84.5 cm³/mol. The Morgan fingerprint density at radius 3 is 3.09 bits per heavy atom. The van der Waals surface area contributed by atoms with E-state index in [0.29, 0.717) is 23.7 Å². The molecule has 2 aromatic heterocycles. The SMILES string of the molecule is COc1nc(N)nc2c1ncn2[C@@H]1O[C@@H]2CO[P+](=S)O[C@H]2[C@@H]1C. The molecule has 122 valence electrons. The molecular weight excluding hydrogens is 341 g/mol. The summed E-state index contributed by atoms with van der Waals surface area (Å²) < 4.78 is 24.3. The summed E-state index contributed by atoms with van der Waals surface area (Å²) in [5, 5.41) is 0. The monoisotopic (exact) mass is 356 g/mol. The first kappa shape index (κ1) is 15.1. The molecule has 2 saturated heterocycles. The van der Waals surface area contributed by atoms with Crippen molar-refractivity contribution >= 4 is 36.1 Å². The smallest absolute Gasteiger partial charge is 0.479 e. The molecule has 4 heterocycles. The first-order valence-corrected chi connectivity index (χ1v) is 9.24. The van der Waals surface area contributed by atoms with E-state index >= 15 is 0 Å². The van der Waals surface area contributed by atoms with Gasteiger partial charge in [-0.15, -0.1) is 9.05 Å². The van der Waals surface area contributed by atoms with Crippen LogP contribution in [0.15, 0.2) is 6.33 Å². The lowest BCUT2D eigenvalue weighted by molar-refractivity contribution is -0.0484. The van der Waals surface area contributed by atoms with Crippen LogP contribution >= 0.6 is 7.15 Å². The average Bonchev–Trinajstić information content (AvgIpc) is 3.08. The highest BCUT2D eigenvalue weighted by molar-refractivity contribution is 8.00. The lowest BCUT2D eigenvalue weighted by Gasteiger charge is -2.18. The second-order valence-electron chi connectivity index (χ2n) is 5.43. The van der Waals surface area contributed by atoms with Gasteiger partial charge >= 0.3 is 7.15 Å². The molecule has 0 aliphatic carbocycles. The largest absolute Gasteiger partial charge is 0.522 e. The van der Waals surface area contributed by atoms with Gasteiger partial charge in [-0.2, -0.15) is 9.97 Å². The van der Waals surface area contributed by atoms with Crippen LogP contribution in [0.1, 0.15) is 13.2 Å². The fraction of sp³-hybridized carbons (Fsp3) is 0.583. The third-order valence-electron chi connectivity index (χ3n) is 4.07. The van der Waals surface area contributed by atoms with Gasteiger partial charge in [0.25, 0.3) is 0 Å². The third kappa shape index (κ3) is 2.38. The predicted octanol–water partition coefficient (Wildman–Crippen LogP) is 1.14. The fourth-order valence-electron chi connectivity index (χ4n) is 3.00. The first-order chi connectivity index (χ1) is 11.1. The topological polar surface area (TPSA) is 107 Å². The quantitative estimate of drug-likeness (QED) is 0.793. The summed E-state index contributed by atoms with van der Waals surface area (Å²) in [7, 11) is 0.253. The number of ether oxygens (including phenoxy) is 2. The maximum atomic E-state index is 6.09. The summed E-state index contributed by atoms with van der Waals surface area (Å²) in [5.41, 5.74) is 6.86. The van der Waals surface area contributed by atoms with Crippen molar-refractivity contribution in [2.24, 2.45) is 5.92 Å². The zero-order valence-electron chi connectivity index (χ0n) is 12.4. The minimum absolute atomic E-state index is 0.0661. The van der Waals surface area contributed by atoms with E-state index in [0.717, 1.165) is 0 Å². The van der Waals surface area contributed by atoms with Crippen LogP contribution in [0.4, 0.5) is 5.95 Å². The van der Waals surface area contributed by atoms with Gasteiger partial charge in [0.2, 0.25) is 23.6 Å². The van der Waals surface area contributed by atoms with E-state index < -0.39 is 7.15 Å². The average molecular weight is 356 g/mol. The van der Waals surface area contributed by atoms with E-state index in [4.69, 9.17) is 36.1 Å². The Morgan fingerprint density at radius 1 is 1.48 bits per heavy atom. The Morgan fingerprint density at radius 2 is 2.30 bits per heavy atom. The molecule has 23 heavy (non-hydrogen) atoms. The van der Waals surface area contributed by atoms with E-state index in [1.165, 1.54) is 7.11 Å². The summed E-state index contributed by atoms with van der Waals surface area (Å²) in [4.78, 5) is 12.6. The number of rotatable bonds is 2. The fourth-order valence-corrected chi connectivity index (χ4v) is 4.33. The molecule has 0 spiro atoms. The zero-order valence-corrected chi connectivity index (χ0v) is 14.2. The Labute approximate surface area is 137 Å². The molecule has 4 rings (SSSR count). The van der Waals surface area contributed by atoms with Gasteiger partial charge in [0.15, 0.2) is 11.2 Å². The van der Waals surface area contributed by atoms with E-state index in [1.54, 1.807) is 6.33 Å². The number of anilines is 1. The maximum absolute atomic E-state index is 6.09. The van der Waals surface area contributed by atoms with E-state index in [1.807, 2.05) is 11.5 Å². The Balaban J connectivity index is 1.75. The third-order valence-corrected chi connectivity index (χ3v) is 5.42. The minimum atomic E-state index is -1.26. The zero-order chi connectivity index (χ0) is 16.1. The van der Waals surface area contributed by atoms with Crippen molar-refractivity contribution in [3.05, 3.63) is 6.33 Å². The van der Waals surface area contributed by atoms with Crippen molar-refractivity contribution in [2.45, 2.75) is 25.4 Å². The molecule has 2 aromatic rings. The summed E-state index contributed by atoms with van der Waals surface area (Å²) in [5.74, 6) is 0.521. The Bertz CT molecular complexity index is 786. The van der Waals surface area contributed by atoms with Crippen molar-refractivity contribution in [1.82, 2.24) is 19.5 Å². The number of fused-ring (bicyclic) bond motifs is 2. The number of nitrogen functional groups attached to an aromatic ring is 1. The van der Waals surface area contributed by atoms with Crippen LogP contribution < -0.4 is 10.5 Å². The van der Waals surface area contributed by atoms with Gasteiger partial charge in [-0.1, -0.05) is 6.92 Å². The second kappa shape index (κ2) is 5.57. The number of hydrogen-bond acceptors (Lipinski definition) is 9. The number of hydrogen-bond donors (Lipinski definition) is 1. The molecule has 2 N–H and O–H groups in total. The van der Waals surface area contributed by atoms with Crippen molar-refractivity contribution in [3.63, 3.8) is 0 Å². The molecule has 2 aliphatic heterocycles. The number of imidazole rings is 1. The summed E-state index contributed by atoms with van der Waals surface area (Å²) in [6, 6.07) is 0. The Kier molecular flexibility index (Phi) is 3.66. The summed E-state index contributed by atoms with van der Waals surface area (Å²) in [6.45, 7) is 2.49. The Hall–Kier alpha value is -1.45. The van der Waals surface area contributed by atoms with Crippen LogP contribution in [0, 0.1) is 5.92 Å². The highest BCUT2D eigenvalue weighted by Crippen LogP contribution is 2.46.